The number of benzene rings is 10. The summed E-state index contributed by atoms with van der Waals surface area (Å²) in [5.41, 5.74) is 26.8. The molecule has 67 heavy (non-hydrogen) atoms. The third kappa shape index (κ3) is 6.01. The van der Waals surface area contributed by atoms with E-state index in [-0.39, 0.29) is 10.8 Å². The molecule has 1 atom stereocenters. The van der Waals surface area contributed by atoms with Gasteiger partial charge < -0.3 is 4.90 Å². The number of hydrogen-bond acceptors (Lipinski definition) is 1. The number of fused-ring (bicyclic) bond motifs is 10. The van der Waals surface area contributed by atoms with Gasteiger partial charge in [-0.05, 0) is 149 Å². The van der Waals surface area contributed by atoms with Crippen LogP contribution in [0, 0.1) is 0 Å². The summed E-state index contributed by atoms with van der Waals surface area (Å²) in [5, 5.41) is 0. The minimum atomic E-state index is -0.197. The van der Waals surface area contributed by atoms with Crippen LogP contribution in [0.1, 0.15) is 53.6 Å². The maximum atomic E-state index is 2.52. The van der Waals surface area contributed by atoms with E-state index in [9.17, 15) is 0 Å². The van der Waals surface area contributed by atoms with E-state index in [0.717, 1.165) is 29.9 Å². The second kappa shape index (κ2) is 15.3. The second-order valence-corrected chi connectivity index (χ2v) is 19.1. The van der Waals surface area contributed by atoms with E-state index < -0.39 is 0 Å². The summed E-state index contributed by atoms with van der Waals surface area (Å²) in [6.07, 6.45) is 2.13. The molecule has 0 heterocycles. The van der Waals surface area contributed by atoms with Crippen LogP contribution in [-0.2, 0) is 17.3 Å². The Hall–Kier alpha value is -8.00. The SMILES string of the molecule is CC1(C)c2ccccc2-c2cccc(-c3ccccc3-c3ccc(N(c4ccc(-c5ccccc5)c(-c5ccccc5)c4)c4ccc5c(c4)C4(CCc6ccccc64)c4ccccc4-5)cc3)c21. The number of nitrogens with zero attached hydrogens (tertiary/aromatic N) is 1. The zero-order chi connectivity index (χ0) is 44.7. The van der Waals surface area contributed by atoms with Crippen LogP contribution in [-0.4, -0.2) is 0 Å². The number of aryl methyl sites for hydroxylation is 1. The van der Waals surface area contributed by atoms with Crippen LogP contribution in [0.4, 0.5) is 17.1 Å². The maximum Gasteiger partial charge on any atom is 0.0470 e. The van der Waals surface area contributed by atoms with Crippen LogP contribution in [0.3, 0.4) is 0 Å². The van der Waals surface area contributed by atoms with E-state index in [1.54, 1.807) is 0 Å². The highest BCUT2D eigenvalue weighted by Crippen LogP contribution is 2.59. The van der Waals surface area contributed by atoms with Gasteiger partial charge in [-0.3, -0.25) is 0 Å². The molecule has 318 valence electrons. The van der Waals surface area contributed by atoms with Gasteiger partial charge in [0, 0.05) is 27.9 Å². The minimum Gasteiger partial charge on any atom is -0.310 e. The summed E-state index contributed by atoms with van der Waals surface area (Å²) in [7, 11) is 0. The van der Waals surface area contributed by atoms with Crippen molar-refractivity contribution in [1.82, 2.24) is 0 Å². The van der Waals surface area contributed by atoms with Gasteiger partial charge in [-0.15, -0.1) is 0 Å². The minimum absolute atomic E-state index is 0.120. The predicted octanol–water partition coefficient (Wildman–Crippen LogP) is 17.4. The van der Waals surface area contributed by atoms with E-state index >= 15 is 0 Å². The lowest BCUT2D eigenvalue weighted by molar-refractivity contribution is 0.626. The third-order valence-corrected chi connectivity index (χ3v) is 15.3. The molecule has 3 aliphatic rings. The zero-order valence-corrected chi connectivity index (χ0v) is 37.9. The molecule has 1 heteroatoms. The van der Waals surface area contributed by atoms with Crippen LogP contribution in [0.15, 0.2) is 237 Å². The molecule has 10 aromatic carbocycles. The van der Waals surface area contributed by atoms with E-state index in [1.165, 1.54) is 100 Å². The first kappa shape index (κ1) is 39.4. The first-order chi connectivity index (χ1) is 33.0. The van der Waals surface area contributed by atoms with Gasteiger partial charge in [-0.25, -0.2) is 0 Å². The summed E-state index contributed by atoms with van der Waals surface area (Å²) in [6.45, 7) is 4.77. The summed E-state index contributed by atoms with van der Waals surface area (Å²) in [6, 6.07) is 88.4. The molecule has 0 fully saturated rings. The Morgan fingerprint density at radius 3 is 1.49 bits per heavy atom. The van der Waals surface area contributed by atoms with Crippen molar-refractivity contribution in [3.63, 3.8) is 0 Å². The first-order valence-corrected chi connectivity index (χ1v) is 23.8. The summed E-state index contributed by atoms with van der Waals surface area (Å²) < 4.78 is 0. The van der Waals surface area contributed by atoms with Crippen molar-refractivity contribution in [2.24, 2.45) is 0 Å². The molecule has 3 aliphatic carbocycles. The highest BCUT2D eigenvalue weighted by atomic mass is 15.1. The molecule has 1 spiro atoms. The van der Waals surface area contributed by atoms with Gasteiger partial charge in [0.25, 0.3) is 0 Å². The van der Waals surface area contributed by atoms with E-state index in [4.69, 9.17) is 0 Å². The quantitative estimate of drug-likeness (QED) is 0.154. The Balaban J connectivity index is 0.984. The van der Waals surface area contributed by atoms with Crippen molar-refractivity contribution >= 4 is 17.1 Å². The molecule has 0 N–H and O–H groups in total. The zero-order valence-electron chi connectivity index (χ0n) is 37.9. The Labute approximate surface area is 394 Å². The maximum absolute atomic E-state index is 2.52. The van der Waals surface area contributed by atoms with Crippen LogP contribution in [0.25, 0.3) is 66.8 Å². The molecule has 0 aromatic heterocycles. The van der Waals surface area contributed by atoms with E-state index in [0.29, 0.717) is 0 Å². The number of anilines is 3. The van der Waals surface area contributed by atoms with Crippen molar-refractivity contribution in [3.8, 4) is 66.8 Å². The Morgan fingerprint density at radius 1 is 0.313 bits per heavy atom. The lowest BCUT2D eigenvalue weighted by atomic mass is 9.73. The van der Waals surface area contributed by atoms with Gasteiger partial charge >= 0.3 is 0 Å². The average Bonchev–Trinajstić information content (AvgIpc) is 4.00. The molecule has 13 rings (SSSR count). The molecule has 0 amide bonds. The van der Waals surface area contributed by atoms with E-state index in [1.807, 2.05) is 0 Å². The Bertz CT molecular complexity index is 3540. The fraction of sp³-hybridized carbons (Fsp3) is 0.0909. The molecule has 0 radical (unpaired) electrons. The number of rotatable bonds is 7. The molecule has 1 nitrogen and oxygen atoms in total. The molecule has 0 saturated carbocycles. The van der Waals surface area contributed by atoms with Gasteiger partial charge in [0.2, 0.25) is 0 Å². The third-order valence-electron chi connectivity index (χ3n) is 15.3. The lowest BCUT2D eigenvalue weighted by Crippen LogP contribution is -2.24. The lowest BCUT2D eigenvalue weighted by Gasteiger charge is -2.31. The fourth-order valence-corrected chi connectivity index (χ4v) is 12.3. The van der Waals surface area contributed by atoms with Gasteiger partial charge in [0.15, 0.2) is 0 Å². The van der Waals surface area contributed by atoms with Crippen LogP contribution in [0.5, 0.6) is 0 Å². The summed E-state index contributed by atoms with van der Waals surface area (Å²) >= 11 is 0. The fourth-order valence-electron chi connectivity index (χ4n) is 12.3. The van der Waals surface area contributed by atoms with Crippen LogP contribution >= 0.6 is 0 Å². The standard InChI is InChI=1S/C66H49N/c1-65(2)61-30-15-12-26-55(61)58-28-17-27-57(64(58)65)53-24-11-10-23-51(53)46-32-34-48(35-33-46)67(49-36-38-52(44-18-5-3-6-19-44)59(42-49)45-20-7-4-8-21-45)50-37-39-56-54-25-13-16-31-62(54)66(63(56)43-50)41-40-47-22-9-14-29-60(47)66/h3-39,42-43H,40-41H2,1-2H3. The van der Waals surface area contributed by atoms with Crippen molar-refractivity contribution < 1.29 is 0 Å². The summed E-state index contributed by atoms with van der Waals surface area (Å²) in [5.74, 6) is 0. The van der Waals surface area contributed by atoms with Crippen molar-refractivity contribution in [2.75, 3.05) is 4.90 Å². The molecule has 1 unspecified atom stereocenters. The van der Waals surface area contributed by atoms with Crippen molar-refractivity contribution in [1.29, 1.82) is 0 Å². The average molecular weight is 856 g/mol. The summed E-state index contributed by atoms with van der Waals surface area (Å²) in [4.78, 5) is 2.48. The number of hydrogen-bond donors (Lipinski definition) is 0. The predicted molar refractivity (Wildman–Crippen MR) is 281 cm³/mol. The molecule has 0 bridgehead atoms. The van der Waals surface area contributed by atoms with Crippen LogP contribution < -0.4 is 4.90 Å². The van der Waals surface area contributed by atoms with Crippen molar-refractivity contribution in [2.45, 2.75) is 37.5 Å². The smallest absolute Gasteiger partial charge is 0.0470 e. The monoisotopic (exact) mass is 855 g/mol. The largest absolute Gasteiger partial charge is 0.310 e. The molecular formula is C66H49N. The van der Waals surface area contributed by atoms with Gasteiger partial charge in [-0.1, -0.05) is 214 Å². The normalized spacial score (nSPS) is 15.7. The highest BCUT2D eigenvalue weighted by molar-refractivity contribution is 5.95. The Morgan fingerprint density at radius 2 is 0.776 bits per heavy atom. The van der Waals surface area contributed by atoms with Gasteiger partial charge in [-0.2, -0.15) is 0 Å². The van der Waals surface area contributed by atoms with Crippen molar-refractivity contribution in [3.05, 3.63) is 270 Å². The molecule has 0 aliphatic heterocycles. The Kier molecular flexibility index (Phi) is 8.99. The molecule has 10 aromatic rings. The van der Waals surface area contributed by atoms with E-state index in [2.05, 4.69) is 255 Å². The molecular weight excluding hydrogens is 807 g/mol. The topological polar surface area (TPSA) is 3.24 Å². The highest BCUT2D eigenvalue weighted by Gasteiger charge is 2.48. The second-order valence-electron chi connectivity index (χ2n) is 19.1. The molecule has 0 saturated heterocycles. The first-order valence-electron chi connectivity index (χ1n) is 23.8. The van der Waals surface area contributed by atoms with Crippen LogP contribution in [0.2, 0.25) is 0 Å². The van der Waals surface area contributed by atoms with Gasteiger partial charge in [0.05, 0.1) is 0 Å². The van der Waals surface area contributed by atoms with Gasteiger partial charge in [0.1, 0.15) is 0 Å².